The van der Waals surface area contributed by atoms with Crippen molar-refractivity contribution in [3.63, 3.8) is 0 Å². The SMILES string of the molecule is CCOCc1nc(N)cc(Nc2ccc(F)c(F)c2)n1. The van der Waals surface area contributed by atoms with E-state index in [1.54, 1.807) is 0 Å². The second-order valence-corrected chi connectivity index (χ2v) is 3.99. The van der Waals surface area contributed by atoms with Crippen LogP contribution in [-0.4, -0.2) is 16.6 Å². The molecule has 3 N–H and O–H groups in total. The van der Waals surface area contributed by atoms with E-state index in [1.807, 2.05) is 6.92 Å². The summed E-state index contributed by atoms with van der Waals surface area (Å²) in [5, 5.41) is 2.84. The largest absolute Gasteiger partial charge is 0.384 e. The summed E-state index contributed by atoms with van der Waals surface area (Å²) in [6.07, 6.45) is 0. The van der Waals surface area contributed by atoms with Crippen LogP contribution in [0, 0.1) is 11.6 Å². The van der Waals surface area contributed by atoms with Crippen molar-refractivity contribution in [2.45, 2.75) is 13.5 Å². The van der Waals surface area contributed by atoms with E-state index in [1.165, 1.54) is 12.1 Å². The van der Waals surface area contributed by atoms with Crippen LogP contribution in [0.5, 0.6) is 0 Å². The molecule has 0 aliphatic rings. The zero-order valence-corrected chi connectivity index (χ0v) is 10.9. The van der Waals surface area contributed by atoms with E-state index in [9.17, 15) is 8.78 Å². The summed E-state index contributed by atoms with van der Waals surface area (Å²) in [6, 6.07) is 4.97. The number of hydrogen-bond acceptors (Lipinski definition) is 5. The molecule has 0 radical (unpaired) electrons. The van der Waals surface area contributed by atoms with Crippen molar-refractivity contribution in [2.24, 2.45) is 0 Å². The lowest BCUT2D eigenvalue weighted by molar-refractivity contribution is 0.128. The summed E-state index contributed by atoms with van der Waals surface area (Å²) in [7, 11) is 0. The minimum Gasteiger partial charge on any atom is -0.384 e. The van der Waals surface area contributed by atoms with Gasteiger partial charge in [0.05, 0.1) is 0 Å². The van der Waals surface area contributed by atoms with Gasteiger partial charge in [0.25, 0.3) is 0 Å². The summed E-state index contributed by atoms with van der Waals surface area (Å²) in [5.74, 6) is -0.781. The van der Waals surface area contributed by atoms with Crippen LogP contribution < -0.4 is 11.1 Å². The number of ether oxygens (including phenoxy) is 1. The Labute approximate surface area is 114 Å². The Kier molecular flexibility index (Phi) is 4.41. The molecule has 7 heteroatoms. The average Bonchev–Trinajstić information content (AvgIpc) is 2.40. The number of rotatable bonds is 5. The number of halogens is 2. The summed E-state index contributed by atoms with van der Waals surface area (Å²) < 4.78 is 31.2. The molecule has 0 aliphatic heterocycles. The molecule has 0 spiro atoms. The number of nitrogen functional groups attached to an aromatic ring is 1. The smallest absolute Gasteiger partial charge is 0.160 e. The Balaban J connectivity index is 2.19. The standard InChI is InChI=1S/C13H14F2N4O/c1-2-20-7-13-18-11(16)6-12(19-13)17-8-3-4-9(14)10(15)5-8/h3-6H,2,7H2,1H3,(H3,16,17,18,19). The molecule has 0 atom stereocenters. The van der Waals surface area contributed by atoms with Crippen LogP contribution in [-0.2, 0) is 11.3 Å². The first-order valence-electron chi connectivity index (χ1n) is 6.01. The number of nitrogens with one attached hydrogen (secondary N) is 1. The van der Waals surface area contributed by atoms with Crippen LogP contribution >= 0.6 is 0 Å². The predicted molar refractivity (Wildman–Crippen MR) is 71.4 cm³/mol. The molecule has 1 heterocycles. The van der Waals surface area contributed by atoms with E-state index in [0.29, 0.717) is 23.9 Å². The lowest BCUT2D eigenvalue weighted by Crippen LogP contribution is -2.05. The molecule has 0 amide bonds. The van der Waals surface area contributed by atoms with Gasteiger partial charge in [-0.1, -0.05) is 0 Å². The van der Waals surface area contributed by atoms with Crippen molar-refractivity contribution < 1.29 is 13.5 Å². The maximum Gasteiger partial charge on any atom is 0.160 e. The Bertz CT molecular complexity index is 607. The van der Waals surface area contributed by atoms with Gasteiger partial charge in [0, 0.05) is 24.4 Å². The number of aromatic nitrogens is 2. The van der Waals surface area contributed by atoms with Gasteiger partial charge < -0.3 is 15.8 Å². The van der Waals surface area contributed by atoms with Gasteiger partial charge in [-0.15, -0.1) is 0 Å². The molecule has 0 aliphatic carbocycles. The Hall–Kier alpha value is -2.28. The molecule has 0 unspecified atom stereocenters. The van der Waals surface area contributed by atoms with Crippen LogP contribution in [0.2, 0.25) is 0 Å². The number of hydrogen-bond donors (Lipinski definition) is 2. The Morgan fingerprint density at radius 1 is 1.20 bits per heavy atom. The topological polar surface area (TPSA) is 73.1 Å². The van der Waals surface area contributed by atoms with Crippen LogP contribution in [0.3, 0.4) is 0 Å². The zero-order chi connectivity index (χ0) is 14.5. The van der Waals surface area contributed by atoms with Crippen molar-refractivity contribution in [3.05, 3.63) is 41.7 Å². The van der Waals surface area contributed by atoms with Crippen molar-refractivity contribution in [1.29, 1.82) is 0 Å². The molecular weight excluding hydrogens is 266 g/mol. The fourth-order valence-electron chi connectivity index (χ4n) is 1.56. The van der Waals surface area contributed by atoms with E-state index in [0.717, 1.165) is 12.1 Å². The third-order valence-corrected chi connectivity index (χ3v) is 2.42. The quantitative estimate of drug-likeness (QED) is 0.880. The summed E-state index contributed by atoms with van der Waals surface area (Å²) in [6.45, 7) is 2.62. The number of benzene rings is 1. The third kappa shape index (κ3) is 3.61. The predicted octanol–water partition coefficient (Wildman–Crippen LogP) is 2.62. The number of nitrogens with zero attached hydrogens (tertiary/aromatic N) is 2. The van der Waals surface area contributed by atoms with E-state index in [2.05, 4.69) is 15.3 Å². The van der Waals surface area contributed by atoms with E-state index < -0.39 is 11.6 Å². The van der Waals surface area contributed by atoms with Crippen molar-refractivity contribution in [2.75, 3.05) is 17.7 Å². The van der Waals surface area contributed by atoms with E-state index in [4.69, 9.17) is 10.5 Å². The van der Waals surface area contributed by atoms with Crippen molar-refractivity contribution in [3.8, 4) is 0 Å². The molecule has 0 saturated heterocycles. The van der Waals surface area contributed by atoms with Gasteiger partial charge in [-0.05, 0) is 19.1 Å². The molecule has 0 saturated carbocycles. The third-order valence-electron chi connectivity index (χ3n) is 2.42. The first kappa shape index (κ1) is 14.1. The first-order chi connectivity index (χ1) is 9.58. The molecule has 106 valence electrons. The molecule has 1 aromatic carbocycles. The molecule has 2 rings (SSSR count). The maximum atomic E-state index is 13.1. The van der Waals surface area contributed by atoms with Crippen molar-refractivity contribution in [1.82, 2.24) is 9.97 Å². The molecular formula is C13H14F2N4O. The average molecular weight is 280 g/mol. The summed E-state index contributed by atoms with van der Waals surface area (Å²) in [5.41, 5.74) is 6.02. The molecule has 5 nitrogen and oxygen atoms in total. The summed E-state index contributed by atoms with van der Waals surface area (Å²) >= 11 is 0. The lowest BCUT2D eigenvalue weighted by Gasteiger charge is -2.08. The van der Waals surface area contributed by atoms with Crippen LogP contribution in [0.4, 0.5) is 26.1 Å². The zero-order valence-electron chi connectivity index (χ0n) is 10.9. The molecule has 2 aromatic rings. The highest BCUT2D eigenvalue weighted by atomic mass is 19.2. The fraction of sp³-hybridized carbons (Fsp3) is 0.231. The van der Waals surface area contributed by atoms with Crippen LogP contribution in [0.15, 0.2) is 24.3 Å². The van der Waals surface area contributed by atoms with Crippen LogP contribution in [0.1, 0.15) is 12.7 Å². The summed E-state index contributed by atoms with van der Waals surface area (Å²) in [4.78, 5) is 8.19. The van der Waals surface area contributed by atoms with Crippen LogP contribution in [0.25, 0.3) is 0 Å². The molecule has 0 bridgehead atoms. The van der Waals surface area contributed by atoms with E-state index in [-0.39, 0.29) is 12.4 Å². The highest BCUT2D eigenvalue weighted by Gasteiger charge is 2.06. The van der Waals surface area contributed by atoms with Gasteiger partial charge in [0.1, 0.15) is 18.2 Å². The normalized spacial score (nSPS) is 10.6. The van der Waals surface area contributed by atoms with Gasteiger partial charge in [0.2, 0.25) is 0 Å². The molecule has 1 aromatic heterocycles. The highest BCUT2D eigenvalue weighted by Crippen LogP contribution is 2.19. The number of anilines is 3. The minimum absolute atomic E-state index is 0.230. The number of nitrogens with two attached hydrogens (primary N) is 1. The lowest BCUT2D eigenvalue weighted by atomic mass is 10.3. The maximum absolute atomic E-state index is 13.1. The fourth-order valence-corrected chi connectivity index (χ4v) is 1.56. The molecule has 20 heavy (non-hydrogen) atoms. The van der Waals surface area contributed by atoms with E-state index >= 15 is 0 Å². The van der Waals surface area contributed by atoms with Gasteiger partial charge in [-0.3, -0.25) is 0 Å². The second-order valence-electron chi connectivity index (χ2n) is 3.99. The van der Waals surface area contributed by atoms with Gasteiger partial charge in [0.15, 0.2) is 17.5 Å². The Morgan fingerprint density at radius 2 is 2.00 bits per heavy atom. The van der Waals surface area contributed by atoms with Gasteiger partial charge in [-0.2, -0.15) is 0 Å². The second kappa shape index (κ2) is 6.25. The Morgan fingerprint density at radius 3 is 2.70 bits per heavy atom. The van der Waals surface area contributed by atoms with Gasteiger partial charge in [-0.25, -0.2) is 18.7 Å². The monoisotopic (exact) mass is 280 g/mol. The first-order valence-corrected chi connectivity index (χ1v) is 6.01. The highest BCUT2D eigenvalue weighted by molar-refractivity contribution is 5.58. The van der Waals surface area contributed by atoms with Gasteiger partial charge >= 0.3 is 0 Å². The van der Waals surface area contributed by atoms with Crippen molar-refractivity contribution >= 4 is 17.3 Å². The molecule has 0 fully saturated rings. The minimum atomic E-state index is -0.938.